The minimum atomic E-state index is 0.459. The largest absolute Gasteiger partial charge is 0.397 e. The second kappa shape index (κ2) is 4.70. The minimum Gasteiger partial charge on any atom is -0.397 e. The predicted molar refractivity (Wildman–Crippen MR) is 80.5 cm³/mol. The zero-order chi connectivity index (χ0) is 13.4. The standard InChI is InChI=1S/C12H7ClN4S2/c13-9-10(16-8-4-2-1-3-7(8)15)6(5-14)11-12(9)18-19-17-11/h1-4,16H,15H2. The van der Waals surface area contributed by atoms with Gasteiger partial charge in [0.15, 0.2) is 0 Å². The fourth-order valence-electron chi connectivity index (χ4n) is 1.79. The quantitative estimate of drug-likeness (QED) is 0.550. The Labute approximate surface area is 121 Å². The molecule has 4 nitrogen and oxygen atoms in total. The molecule has 2 aliphatic rings. The molecule has 3 N–H and O–H groups in total. The van der Waals surface area contributed by atoms with Crippen LogP contribution < -0.4 is 11.1 Å². The molecule has 19 heavy (non-hydrogen) atoms. The van der Waals surface area contributed by atoms with Crippen LogP contribution >= 0.6 is 32.5 Å². The lowest BCUT2D eigenvalue weighted by molar-refractivity contribution is 1.46. The molecule has 0 fully saturated rings. The molecule has 0 saturated heterocycles. The zero-order valence-electron chi connectivity index (χ0n) is 9.48. The molecular formula is C12H7ClN4S2. The van der Waals surface area contributed by atoms with Crippen LogP contribution in [-0.2, 0) is 0 Å². The van der Waals surface area contributed by atoms with E-state index < -0.39 is 0 Å². The number of para-hydroxylation sites is 2. The molecule has 7 heteroatoms. The molecule has 0 amide bonds. The van der Waals surface area contributed by atoms with Gasteiger partial charge < -0.3 is 11.1 Å². The van der Waals surface area contributed by atoms with Crippen LogP contribution in [0.2, 0.25) is 5.02 Å². The van der Waals surface area contributed by atoms with E-state index >= 15 is 0 Å². The number of nitriles is 1. The Balaban J connectivity index is 2.14. The molecule has 0 aromatic heterocycles. The molecule has 1 aliphatic heterocycles. The number of hydrogen-bond donors (Lipinski definition) is 2. The van der Waals surface area contributed by atoms with Crippen LogP contribution in [0.3, 0.4) is 0 Å². The number of hydrogen-bond acceptors (Lipinski definition) is 6. The number of anilines is 3. The number of rotatable bonds is 2. The molecule has 0 atom stereocenters. The Morgan fingerprint density at radius 3 is 2.89 bits per heavy atom. The molecular weight excluding hydrogens is 300 g/mol. The summed E-state index contributed by atoms with van der Waals surface area (Å²) in [5.41, 5.74) is 8.89. The third-order valence-corrected chi connectivity index (χ3v) is 5.04. The average Bonchev–Trinajstić information content (AvgIpc) is 2.96. The Hall–Kier alpha value is -1.81. The van der Waals surface area contributed by atoms with E-state index in [2.05, 4.69) is 15.8 Å². The highest BCUT2D eigenvalue weighted by atomic mass is 35.5. The van der Waals surface area contributed by atoms with Crippen molar-refractivity contribution in [3.8, 4) is 16.6 Å². The molecule has 0 unspecified atom stereocenters. The van der Waals surface area contributed by atoms with Crippen molar-refractivity contribution in [1.82, 2.24) is 4.37 Å². The van der Waals surface area contributed by atoms with Crippen LogP contribution in [0.1, 0.15) is 5.56 Å². The van der Waals surface area contributed by atoms with Gasteiger partial charge in [-0.3, -0.25) is 0 Å². The van der Waals surface area contributed by atoms with E-state index in [1.807, 2.05) is 18.2 Å². The van der Waals surface area contributed by atoms with Crippen molar-refractivity contribution in [2.75, 3.05) is 11.1 Å². The molecule has 1 aromatic rings. The summed E-state index contributed by atoms with van der Waals surface area (Å²) in [4.78, 5) is 0.834. The number of halogens is 1. The van der Waals surface area contributed by atoms with Crippen molar-refractivity contribution in [2.24, 2.45) is 0 Å². The summed E-state index contributed by atoms with van der Waals surface area (Å²) in [7, 11) is 2.78. The third-order valence-electron chi connectivity index (χ3n) is 2.70. The van der Waals surface area contributed by atoms with E-state index in [-0.39, 0.29) is 0 Å². The monoisotopic (exact) mass is 306 g/mol. The van der Waals surface area contributed by atoms with Gasteiger partial charge in [0.05, 0.1) is 27.0 Å². The van der Waals surface area contributed by atoms with Crippen molar-refractivity contribution >= 4 is 49.5 Å². The zero-order valence-corrected chi connectivity index (χ0v) is 11.9. The summed E-state index contributed by atoms with van der Waals surface area (Å²) in [6.45, 7) is 0. The summed E-state index contributed by atoms with van der Waals surface area (Å²) >= 11 is 6.31. The van der Waals surface area contributed by atoms with E-state index in [0.717, 1.165) is 10.6 Å². The number of benzene rings is 1. The molecule has 0 radical (unpaired) electrons. The molecule has 94 valence electrons. The smallest absolute Gasteiger partial charge is 0.116 e. The molecule has 0 spiro atoms. The Bertz CT molecular complexity index is 756. The SMILES string of the molecule is N#Cc1c2nssc-2c(Cl)c1Nc1ccccc1N. The van der Waals surface area contributed by atoms with Crippen molar-refractivity contribution in [3.63, 3.8) is 0 Å². The van der Waals surface area contributed by atoms with Crippen molar-refractivity contribution in [2.45, 2.75) is 0 Å². The van der Waals surface area contributed by atoms with E-state index in [0.29, 0.717) is 27.7 Å². The highest BCUT2D eigenvalue weighted by Crippen LogP contribution is 2.47. The molecule has 0 bridgehead atoms. The van der Waals surface area contributed by atoms with Gasteiger partial charge in [-0.05, 0) is 12.1 Å². The van der Waals surface area contributed by atoms with Crippen molar-refractivity contribution < 1.29 is 0 Å². The van der Waals surface area contributed by atoms with Crippen LogP contribution in [0.25, 0.3) is 10.6 Å². The van der Waals surface area contributed by atoms with E-state index in [1.165, 1.54) is 20.9 Å². The van der Waals surface area contributed by atoms with Crippen LogP contribution in [-0.4, -0.2) is 4.37 Å². The van der Waals surface area contributed by atoms with Crippen LogP contribution in [0, 0.1) is 11.3 Å². The van der Waals surface area contributed by atoms with Gasteiger partial charge in [-0.1, -0.05) is 34.1 Å². The van der Waals surface area contributed by atoms with Crippen LogP contribution in [0.15, 0.2) is 24.3 Å². The number of aromatic nitrogens is 1. The maximum atomic E-state index is 9.28. The Morgan fingerprint density at radius 1 is 1.37 bits per heavy atom. The van der Waals surface area contributed by atoms with Gasteiger partial charge in [0.2, 0.25) is 0 Å². The van der Waals surface area contributed by atoms with Gasteiger partial charge in [0.25, 0.3) is 0 Å². The van der Waals surface area contributed by atoms with Crippen LogP contribution in [0.4, 0.5) is 17.1 Å². The number of nitrogens with one attached hydrogen (secondary N) is 1. The lowest BCUT2D eigenvalue weighted by atomic mass is 10.2. The fraction of sp³-hybridized carbons (Fsp3) is 0. The number of nitrogens with zero attached hydrogens (tertiary/aromatic N) is 2. The van der Waals surface area contributed by atoms with E-state index in [9.17, 15) is 5.26 Å². The molecule has 3 rings (SSSR count). The number of fused-ring (bicyclic) bond motifs is 1. The van der Waals surface area contributed by atoms with Crippen molar-refractivity contribution in [3.05, 3.63) is 34.9 Å². The van der Waals surface area contributed by atoms with Crippen LogP contribution in [0.5, 0.6) is 0 Å². The van der Waals surface area contributed by atoms with Gasteiger partial charge in [0.1, 0.15) is 17.3 Å². The minimum absolute atomic E-state index is 0.459. The lowest BCUT2D eigenvalue weighted by Crippen LogP contribution is -1.96. The van der Waals surface area contributed by atoms with Crippen molar-refractivity contribution in [1.29, 1.82) is 5.26 Å². The summed E-state index contributed by atoms with van der Waals surface area (Å²) < 4.78 is 4.22. The van der Waals surface area contributed by atoms with Gasteiger partial charge >= 0.3 is 0 Å². The molecule has 1 aromatic carbocycles. The summed E-state index contributed by atoms with van der Waals surface area (Å²) in [6.07, 6.45) is 0. The highest BCUT2D eigenvalue weighted by Gasteiger charge is 2.26. The lowest BCUT2D eigenvalue weighted by Gasteiger charge is -2.08. The Morgan fingerprint density at radius 2 is 2.16 bits per heavy atom. The summed E-state index contributed by atoms with van der Waals surface area (Å²) in [6, 6.07) is 9.48. The summed E-state index contributed by atoms with van der Waals surface area (Å²) in [5.74, 6) is 0. The fourth-order valence-corrected chi connectivity index (χ4v) is 4.15. The normalized spacial score (nSPS) is 10.5. The van der Waals surface area contributed by atoms with Gasteiger partial charge in [-0.25, -0.2) is 0 Å². The first-order valence-corrected chi connectivity index (χ1v) is 7.79. The maximum Gasteiger partial charge on any atom is 0.116 e. The topological polar surface area (TPSA) is 74.7 Å². The number of nitrogens with two attached hydrogens (primary N) is 1. The second-order valence-corrected chi connectivity index (χ2v) is 6.05. The first-order chi connectivity index (χ1) is 9.22. The van der Waals surface area contributed by atoms with E-state index in [1.54, 1.807) is 6.07 Å². The van der Waals surface area contributed by atoms with Gasteiger partial charge in [-0.15, -0.1) is 0 Å². The first-order valence-electron chi connectivity index (χ1n) is 5.31. The third kappa shape index (κ3) is 1.92. The highest BCUT2D eigenvalue weighted by molar-refractivity contribution is 7.68. The molecule has 0 saturated carbocycles. The maximum absolute atomic E-state index is 9.28. The van der Waals surface area contributed by atoms with Gasteiger partial charge in [0, 0.05) is 10.5 Å². The first kappa shape index (κ1) is 12.2. The second-order valence-electron chi connectivity index (χ2n) is 3.81. The average molecular weight is 307 g/mol. The predicted octanol–water partition coefficient (Wildman–Crippen LogP) is 4.16. The molecule has 1 heterocycles. The van der Waals surface area contributed by atoms with E-state index in [4.69, 9.17) is 17.3 Å². The van der Waals surface area contributed by atoms with Gasteiger partial charge in [-0.2, -0.15) is 9.64 Å². The number of nitrogen functional groups attached to an aromatic ring is 1. The Kier molecular flexibility index (Phi) is 3.03. The molecule has 1 aliphatic carbocycles. The summed E-state index contributed by atoms with van der Waals surface area (Å²) in [5, 5.41) is 12.9.